The summed E-state index contributed by atoms with van der Waals surface area (Å²) >= 11 is 0. The number of guanidine groups is 1. The van der Waals surface area contributed by atoms with E-state index in [4.69, 9.17) is 5.41 Å². The van der Waals surface area contributed by atoms with Crippen molar-refractivity contribution in [1.82, 2.24) is 0 Å². The molecule has 0 aliphatic carbocycles. The molecule has 0 bridgehead atoms. The highest BCUT2D eigenvalue weighted by molar-refractivity contribution is 5.71. The quantitative estimate of drug-likeness (QED) is 0.245. The summed E-state index contributed by atoms with van der Waals surface area (Å²) in [6.45, 7) is 2.06. The number of hydrogen-bond acceptors (Lipinski definition) is 3. The highest BCUT2D eigenvalue weighted by Gasteiger charge is 1.82. The summed E-state index contributed by atoms with van der Waals surface area (Å²) in [6.07, 6.45) is -0.711. The lowest BCUT2D eigenvalue weighted by Gasteiger charge is -1.89. The van der Waals surface area contributed by atoms with Gasteiger partial charge in [-0.1, -0.05) is 0 Å². The van der Waals surface area contributed by atoms with Crippen LogP contribution >= 0.6 is 0 Å². The van der Waals surface area contributed by atoms with Crippen LogP contribution in [-0.4, -0.2) is 18.7 Å². The van der Waals surface area contributed by atoms with Gasteiger partial charge in [0.05, 0.1) is 6.61 Å². The molecule has 0 saturated carbocycles. The zero-order valence-electron chi connectivity index (χ0n) is 7.13. The SMILES string of the molecule is CCOC(N)=O.N=C(N)N.[Cl-].[H+]. The molecule has 0 atom stereocenters. The van der Waals surface area contributed by atoms with Gasteiger partial charge in [0.15, 0.2) is 5.96 Å². The summed E-state index contributed by atoms with van der Waals surface area (Å²) in [5.74, 6) is -0.333. The van der Waals surface area contributed by atoms with E-state index in [9.17, 15) is 4.79 Å². The second-order valence-corrected chi connectivity index (χ2v) is 1.21. The lowest BCUT2D eigenvalue weighted by molar-refractivity contribution is -0.00000904. The minimum absolute atomic E-state index is 0. The fourth-order valence-corrected chi connectivity index (χ4v) is 0.142. The van der Waals surface area contributed by atoms with Crippen LogP contribution in [0.15, 0.2) is 0 Å². The molecule has 0 saturated heterocycles. The molecule has 1 amide bonds. The molecule has 0 radical (unpaired) electrons. The lowest BCUT2D eigenvalue weighted by atomic mass is 10.9. The van der Waals surface area contributed by atoms with Gasteiger partial charge in [0.1, 0.15) is 0 Å². The third-order valence-electron chi connectivity index (χ3n) is 0.287. The van der Waals surface area contributed by atoms with Crippen molar-refractivity contribution >= 4 is 12.1 Å². The maximum Gasteiger partial charge on any atom is 1.00 e. The molecule has 11 heavy (non-hydrogen) atoms. The van der Waals surface area contributed by atoms with E-state index in [1.54, 1.807) is 6.92 Å². The fraction of sp³-hybridized carbons (Fsp3) is 0.500. The first-order chi connectivity index (χ1) is 4.50. The van der Waals surface area contributed by atoms with Crippen molar-refractivity contribution in [3.8, 4) is 0 Å². The van der Waals surface area contributed by atoms with Gasteiger partial charge in [0, 0.05) is 0 Å². The number of ether oxygens (including phenoxy) is 1. The maximum absolute atomic E-state index is 9.60. The van der Waals surface area contributed by atoms with Crippen molar-refractivity contribution in [1.29, 1.82) is 5.41 Å². The van der Waals surface area contributed by atoms with Crippen LogP contribution in [0.4, 0.5) is 4.79 Å². The van der Waals surface area contributed by atoms with Gasteiger partial charge in [-0.2, -0.15) is 0 Å². The van der Waals surface area contributed by atoms with Gasteiger partial charge in [0.2, 0.25) is 0 Å². The zero-order chi connectivity index (χ0) is 8.57. The topological polar surface area (TPSA) is 128 Å². The molecule has 68 valence electrons. The van der Waals surface area contributed by atoms with Crippen molar-refractivity contribution in [2.24, 2.45) is 17.2 Å². The van der Waals surface area contributed by atoms with Crippen molar-refractivity contribution in [2.75, 3.05) is 6.61 Å². The number of nitrogens with one attached hydrogen (secondary N) is 1. The molecule has 0 aromatic heterocycles. The smallest absolute Gasteiger partial charge is 1.00 e. The van der Waals surface area contributed by atoms with Gasteiger partial charge < -0.3 is 34.3 Å². The number of hydrogen-bond donors (Lipinski definition) is 4. The predicted octanol–water partition coefficient (Wildman–Crippen LogP) is -3.94. The summed E-state index contributed by atoms with van der Waals surface area (Å²) in [5.41, 5.74) is 13.5. The van der Waals surface area contributed by atoms with E-state index in [0.29, 0.717) is 6.61 Å². The van der Waals surface area contributed by atoms with Gasteiger partial charge in [-0.25, -0.2) is 4.79 Å². The molecular weight excluding hydrogens is 172 g/mol. The van der Waals surface area contributed by atoms with E-state index in [1.165, 1.54) is 0 Å². The van der Waals surface area contributed by atoms with Crippen LogP contribution in [0.3, 0.4) is 0 Å². The normalized spacial score (nSPS) is 6.27. The third kappa shape index (κ3) is 123. The Labute approximate surface area is 72.5 Å². The minimum Gasteiger partial charge on any atom is -1.00 e. The Balaban J connectivity index is -0.0000000483. The number of amides is 1. The van der Waals surface area contributed by atoms with Crippen LogP contribution in [0.1, 0.15) is 8.35 Å². The van der Waals surface area contributed by atoms with Crippen molar-refractivity contribution in [3.63, 3.8) is 0 Å². The number of halogens is 1. The largest absolute Gasteiger partial charge is 1.00 e. The molecule has 7 N–H and O–H groups in total. The van der Waals surface area contributed by atoms with Crippen LogP contribution in [0, 0.1) is 5.41 Å². The van der Waals surface area contributed by atoms with Crippen LogP contribution in [0.5, 0.6) is 0 Å². The van der Waals surface area contributed by atoms with Gasteiger partial charge in [-0.3, -0.25) is 5.41 Å². The van der Waals surface area contributed by atoms with Gasteiger partial charge in [-0.05, 0) is 6.92 Å². The highest BCUT2D eigenvalue weighted by atomic mass is 35.5. The van der Waals surface area contributed by atoms with Crippen LogP contribution in [-0.2, 0) is 4.74 Å². The van der Waals surface area contributed by atoms with E-state index < -0.39 is 6.09 Å². The molecule has 0 spiro atoms. The zero-order valence-corrected chi connectivity index (χ0v) is 6.89. The van der Waals surface area contributed by atoms with Crippen molar-refractivity contribution in [3.05, 3.63) is 0 Å². The number of rotatable bonds is 1. The molecule has 0 aliphatic rings. The Morgan fingerprint density at radius 2 is 1.82 bits per heavy atom. The predicted molar refractivity (Wildman–Crippen MR) is 38.4 cm³/mol. The molecular formula is C4H13ClN4O2. The van der Waals surface area contributed by atoms with Gasteiger partial charge >= 0.3 is 7.52 Å². The molecule has 0 unspecified atom stereocenters. The lowest BCUT2D eigenvalue weighted by Crippen LogP contribution is -3.00. The number of carbonyl (C=O) groups is 1. The van der Waals surface area contributed by atoms with Gasteiger partial charge in [0.25, 0.3) is 0 Å². The molecule has 6 nitrogen and oxygen atoms in total. The first-order valence-corrected chi connectivity index (χ1v) is 2.52. The molecule has 0 aromatic carbocycles. The Morgan fingerprint density at radius 3 is 1.82 bits per heavy atom. The van der Waals surface area contributed by atoms with E-state index >= 15 is 0 Å². The van der Waals surface area contributed by atoms with Crippen molar-refractivity contribution in [2.45, 2.75) is 6.92 Å². The molecule has 0 heterocycles. The third-order valence-corrected chi connectivity index (χ3v) is 0.287. The van der Waals surface area contributed by atoms with Crippen LogP contribution < -0.4 is 29.6 Å². The Kier molecular flexibility index (Phi) is 17.3. The summed E-state index contributed by atoms with van der Waals surface area (Å²) < 4.78 is 4.18. The molecule has 0 aliphatic heterocycles. The highest BCUT2D eigenvalue weighted by Crippen LogP contribution is 1.66. The standard InChI is InChI=1S/C3H7NO2.CH5N3.ClH/c1-2-6-3(4)5;2-1(3)4;/h2H2,1H3,(H2,4,5);(H5,2,3,4);1H. The number of primary amides is 1. The van der Waals surface area contributed by atoms with Crippen LogP contribution in [0.25, 0.3) is 0 Å². The first-order valence-electron chi connectivity index (χ1n) is 2.52. The Hall–Kier alpha value is -1.17. The minimum atomic E-state index is -0.711. The Morgan fingerprint density at radius 1 is 1.55 bits per heavy atom. The average molecular weight is 185 g/mol. The second kappa shape index (κ2) is 11.6. The van der Waals surface area contributed by atoms with E-state index in [-0.39, 0.29) is 19.8 Å². The fourth-order valence-electron chi connectivity index (χ4n) is 0.142. The molecule has 0 fully saturated rings. The summed E-state index contributed by atoms with van der Waals surface area (Å²) in [6, 6.07) is 0. The molecule has 0 aromatic rings. The Bertz CT molecular complexity index is 120. The summed E-state index contributed by atoms with van der Waals surface area (Å²) in [7, 11) is 0. The maximum atomic E-state index is 9.60. The summed E-state index contributed by atoms with van der Waals surface area (Å²) in [4.78, 5) is 9.60. The monoisotopic (exact) mass is 184 g/mol. The van der Waals surface area contributed by atoms with Crippen molar-refractivity contribution < 1.29 is 23.4 Å². The summed E-state index contributed by atoms with van der Waals surface area (Å²) in [5, 5.41) is 6.06. The average Bonchev–Trinajstić information content (AvgIpc) is 1.62. The van der Waals surface area contributed by atoms with Gasteiger partial charge in [-0.15, -0.1) is 0 Å². The van der Waals surface area contributed by atoms with E-state index in [0.717, 1.165) is 0 Å². The molecule has 7 heteroatoms. The van der Waals surface area contributed by atoms with E-state index in [1.807, 2.05) is 0 Å². The number of nitrogens with two attached hydrogens (primary N) is 3. The first kappa shape index (κ1) is 16.4. The second-order valence-electron chi connectivity index (χ2n) is 1.21. The van der Waals surface area contributed by atoms with Crippen LogP contribution in [0.2, 0.25) is 0 Å². The molecule has 0 rings (SSSR count). The van der Waals surface area contributed by atoms with E-state index in [2.05, 4.69) is 21.9 Å². The number of carbonyl (C=O) groups excluding carboxylic acids is 1.